The zero-order chi connectivity index (χ0) is 26.3. The van der Waals surface area contributed by atoms with Crippen LogP contribution in [0.2, 0.25) is 0 Å². The van der Waals surface area contributed by atoms with E-state index in [9.17, 15) is 32.7 Å². The molecule has 0 saturated heterocycles. The van der Waals surface area contributed by atoms with Crippen molar-refractivity contribution in [2.45, 2.75) is 44.7 Å². The second kappa shape index (κ2) is 11.6. The number of carboxylic acids is 1. The third kappa shape index (κ3) is 7.00. The number of fused-ring (bicyclic) bond motifs is 1. The second-order valence-electron chi connectivity index (χ2n) is 8.17. The molecule has 0 spiro atoms. The number of ether oxygens (including phenoxy) is 1. The SMILES string of the molecule is O=C(O)CCCCCCCOc1ccc(NC(=O)c2c(O)c3ccc(C(F)(F)F)cc3[nH]c2=O)cc1. The number of carboxylic acid groups (broad SMARTS) is 1. The Morgan fingerprint density at radius 2 is 1.64 bits per heavy atom. The van der Waals surface area contributed by atoms with E-state index in [1.807, 2.05) is 0 Å². The predicted octanol–water partition coefficient (Wildman–Crippen LogP) is 5.31. The summed E-state index contributed by atoms with van der Waals surface area (Å²) in [4.78, 5) is 37.7. The summed E-state index contributed by atoms with van der Waals surface area (Å²) >= 11 is 0. The number of aliphatic carboxylic acids is 1. The van der Waals surface area contributed by atoms with Gasteiger partial charge in [0.25, 0.3) is 11.5 Å². The average molecular weight is 506 g/mol. The van der Waals surface area contributed by atoms with Crippen LogP contribution >= 0.6 is 0 Å². The van der Waals surface area contributed by atoms with Gasteiger partial charge >= 0.3 is 12.1 Å². The molecule has 0 aliphatic rings. The van der Waals surface area contributed by atoms with Gasteiger partial charge in [0.2, 0.25) is 0 Å². The number of aromatic hydroxyl groups is 1. The number of rotatable bonds is 11. The molecule has 192 valence electrons. The molecule has 0 atom stereocenters. The maximum atomic E-state index is 12.9. The van der Waals surface area contributed by atoms with Crippen molar-refractivity contribution in [2.24, 2.45) is 0 Å². The lowest BCUT2D eigenvalue weighted by Gasteiger charge is -2.11. The summed E-state index contributed by atoms with van der Waals surface area (Å²) in [6.45, 7) is 0.473. The predicted molar refractivity (Wildman–Crippen MR) is 126 cm³/mol. The number of benzene rings is 2. The van der Waals surface area contributed by atoms with E-state index in [4.69, 9.17) is 9.84 Å². The number of nitrogens with one attached hydrogen (secondary N) is 2. The number of unbranched alkanes of at least 4 members (excludes halogenated alkanes) is 4. The van der Waals surface area contributed by atoms with E-state index < -0.39 is 40.5 Å². The van der Waals surface area contributed by atoms with Crippen LogP contribution in [0.25, 0.3) is 10.9 Å². The van der Waals surface area contributed by atoms with Crippen molar-refractivity contribution in [3.63, 3.8) is 0 Å². The van der Waals surface area contributed by atoms with Gasteiger partial charge in [0, 0.05) is 17.5 Å². The van der Waals surface area contributed by atoms with E-state index in [1.165, 1.54) is 0 Å². The quantitative estimate of drug-likeness (QED) is 0.261. The number of anilines is 1. The molecule has 1 heterocycles. The van der Waals surface area contributed by atoms with Gasteiger partial charge in [0.1, 0.15) is 17.1 Å². The summed E-state index contributed by atoms with van der Waals surface area (Å²) in [6, 6.07) is 8.75. The van der Waals surface area contributed by atoms with Gasteiger partial charge in [-0.1, -0.05) is 19.3 Å². The topological polar surface area (TPSA) is 129 Å². The van der Waals surface area contributed by atoms with Crippen LogP contribution in [0.4, 0.5) is 18.9 Å². The third-order valence-corrected chi connectivity index (χ3v) is 5.46. The Balaban J connectivity index is 1.57. The minimum Gasteiger partial charge on any atom is -0.506 e. The average Bonchev–Trinajstić information content (AvgIpc) is 2.80. The van der Waals surface area contributed by atoms with Gasteiger partial charge < -0.3 is 25.3 Å². The first kappa shape index (κ1) is 26.6. The molecule has 0 bridgehead atoms. The Kier molecular flexibility index (Phi) is 8.57. The van der Waals surface area contributed by atoms with Crippen molar-refractivity contribution in [1.29, 1.82) is 0 Å². The maximum absolute atomic E-state index is 12.9. The monoisotopic (exact) mass is 506 g/mol. The van der Waals surface area contributed by atoms with Crippen molar-refractivity contribution in [1.82, 2.24) is 4.98 Å². The molecule has 4 N–H and O–H groups in total. The fourth-order valence-electron chi connectivity index (χ4n) is 3.59. The number of aromatic nitrogens is 1. The van der Waals surface area contributed by atoms with E-state index in [2.05, 4.69) is 10.3 Å². The molecule has 0 radical (unpaired) electrons. The molecule has 0 saturated carbocycles. The van der Waals surface area contributed by atoms with Crippen molar-refractivity contribution in [2.75, 3.05) is 11.9 Å². The van der Waals surface area contributed by atoms with Gasteiger partial charge in [0.05, 0.1) is 17.7 Å². The van der Waals surface area contributed by atoms with Gasteiger partial charge in [-0.25, -0.2) is 0 Å². The van der Waals surface area contributed by atoms with Gasteiger partial charge in [-0.2, -0.15) is 13.2 Å². The molecule has 3 rings (SSSR count). The Morgan fingerprint density at radius 1 is 0.972 bits per heavy atom. The first-order chi connectivity index (χ1) is 17.1. The zero-order valence-electron chi connectivity index (χ0n) is 19.2. The number of hydrogen-bond acceptors (Lipinski definition) is 5. The van der Waals surface area contributed by atoms with E-state index in [-0.39, 0.29) is 17.3 Å². The number of alkyl halides is 3. The standard InChI is InChI=1S/C25H25F3N2O6/c26-25(27,28)15-7-12-18-19(14-15)30-24(35)21(22(18)33)23(34)29-16-8-10-17(11-9-16)36-13-5-3-1-2-4-6-20(31)32/h7-12,14H,1-6,13H2,(H,29,34)(H,31,32)(H2,30,33,35). The second-order valence-corrected chi connectivity index (χ2v) is 8.17. The molecule has 1 amide bonds. The van der Waals surface area contributed by atoms with E-state index in [1.54, 1.807) is 24.3 Å². The Hall–Kier alpha value is -4.02. The van der Waals surface area contributed by atoms with Crippen LogP contribution in [0.3, 0.4) is 0 Å². The molecule has 0 unspecified atom stereocenters. The smallest absolute Gasteiger partial charge is 0.416 e. The summed E-state index contributed by atoms with van der Waals surface area (Å²) < 4.78 is 44.4. The molecule has 0 fully saturated rings. The number of halogens is 3. The number of hydrogen-bond donors (Lipinski definition) is 4. The fraction of sp³-hybridized carbons (Fsp3) is 0.320. The number of carbonyl (C=O) groups excluding carboxylic acids is 1. The van der Waals surface area contributed by atoms with Crippen molar-refractivity contribution in [3.8, 4) is 11.5 Å². The molecule has 36 heavy (non-hydrogen) atoms. The first-order valence-electron chi connectivity index (χ1n) is 11.3. The number of pyridine rings is 1. The highest BCUT2D eigenvalue weighted by Crippen LogP contribution is 2.33. The molecule has 1 aromatic heterocycles. The molecule has 11 heteroatoms. The molecular formula is C25H25F3N2O6. The molecule has 0 aliphatic heterocycles. The van der Waals surface area contributed by atoms with Gasteiger partial charge in [-0.05, 0) is 55.3 Å². The Morgan fingerprint density at radius 3 is 2.31 bits per heavy atom. The van der Waals surface area contributed by atoms with E-state index >= 15 is 0 Å². The zero-order valence-corrected chi connectivity index (χ0v) is 19.2. The minimum absolute atomic E-state index is 0.0987. The van der Waals surface area contributed by atoms with Crippen LogP contribution in [-0.4, -0.2) is 33.7 Å². The lowest BCUT2D eigenvalue weighted by Crippen LogP contribution is -2.23. The molecule has 8 nitrogen and oxygen atoms in total. The van der Waals surface area contributed by atoms with Gasteiger partial charge in [-0.15, -0.1) is 0 Å². The highest BCUT2D eigenvalue weighted by molar-refractivity contribution is 6.09. The largest absolute Gasteiger partial charge is 0.506 e. The highest BCUT2D eigenvalue weighted by atomic mass is 19.4. The van der Waals surface area contributed by atoms with Crippen molar-refractivity contribution in [3.05, 3.63) is 63.9 Å². The van der Waals surface area contributed by atoms with Gasteiger partial charge in [0.15, 0.2) is 0 Å². The number of H-pyrrole nitrogens is 1. The maximum Gasteiger partial charge on any atom is 0.416 e. The summed E-state index contributed by atoms with van der Waals surface area (Å²) in [7, 11) is 0. The van der Waals surface area contributed by atoms with Gasteiger partial charge in [-0.3, -0.25) is 14.4 Å². The van der Waals surface area contributed by atoms with Crippen LogP contribution in [0.1, 0.15) is 54.4 Å². The number of carbonyl (C=O) groups is 2. The summed E-state index contributed by atoms with van der Waals surface area (Å²) in [6.07, 6.45) is -0.302. The lowest BCUT2D eigenvalue weighted by molar-refractivity contribution is -0.138. The van der Waals surface area contributed by atoms with Crippen LogP contribution in [0.5, 0.6) is 11.5 Å². The number of aromatic amines is 1. The highest BCUT2D eigenvalue weighted by Gasteiger charge is 2.31. The van der Waals surface area contributed by atoms with Crippen LogP contribution in [0.15, 0.2) is 47.3 Å². The third-order valence-electron chi connectivity index (χ3n) is 5.46. The van der Waals surface area contributed by atoms with Crippen LogP contribution < -0.4 is 15.6 Å². The molecule has 0 aliphatic carbocycles. The first-order valence-corrected chi connectivity index (χ1v) is 11.3. The fourth-order valence-corrected chi connectivity index (χ4v) is 3.59. The molecular weight excluding hydrogens is 481 g/mol. The van der Waals surface area contributed by atoms with Crippen LogP contribution in [0, 0.1) is 0 Å². The Bertz CT molecular complexity index is 1290. The van der Waals surface area contributed by atoms with Crippen LogP contribution in [-0.2, 0) is 11.0 Å². The Labute approximate surface area is 203 Å². The summed E-state index contributed by atoms with van der Waals surface area (Å²) in [5.74, 6) is -1.87. The van der Waals surface area contributed by atoms with Crippen molar-refractivity contribution >= 4 is 28.5 Å². The normalized spacial score (nSPS) is 11.4. The molecule has 3 aromatic rings. The van der Waals surface area contributed by atoms with E-state index in [0.29, 0.717) is 30.5 Å². The number of amides is 1. The van der Waals surface area contributed by atoms with E-state index in [0.717, 1.165) is 37.8 Å². The van der Waals surface area contributed by atoms with Crippen molar-refractivity contribution < 1.29 is 37.7 Å². The summed E-state index contributed by atoms with van der Waals surface area (Å²) in [5.41, 5.74) is -2.58. The minimum atomic E-state index is -4.63. The molecule has 2 aromatic carbocycles. The lowest BCUT2D eigenvalue weighted by atomic mass is 10.1. The summed E-state index contributed by atoms with van der Waals surface area (Å²) in [5, 5.41) is 21.4.